The molecule has 0 radical (unpaired) electrons. The highest BCUT2D eigenvalue weighted by atomic mass is 19.3. The van der Waals surface area contributed by atoms with Gasteiger partial charge in [0.2, 0.25) is 18.2 Å². The zero-order chi connectivity index (χ0) is 26.3. The summed E-state index contributed by atoms with van der Waals surface area (Å²) in [5.41, 5.74) is 1.30. The van der Waals surface area contributed by atoms with Crippen molar-refractivity contribution >= 4 is 35.2 Å². The lowest BCUT2D eigenvalue weighted by Gasteiger charge is -2.24. The average Bonchev–Trinajstić information content (AvgIpc) is 3.19. The lowest BCUT2D eigenvalue weighted by Crippen LogP contribution is -2.55. The number of benzene rings is 1. The lowest BCUT2D eigenvalue weighted by molar-refractivity contribution is -0.151. The van der Waals surface area contributed by atoms with E-state index in [1.807, 2.05) is 5.32 Å². The molecule has 0 saturated carbocycles. The van der Waals surface area contributed by atoms with Crippen LogP contribution in [-0.4, -0.2) is 70.9 Å². The fourth-order valence-corrected chi connectivity index (χ4v) is 3.53. The molecule has 3 atom stereocenters. The minimum Gasteiger partial charge on any atom is -0.482 e. The molecule has 1 aromatic rings. The van der Waals surface area contributed by atoms with Gasteiger partial charge in [0.25, 0.3) is 5.78 Å². The predicted octanol–water partition coefficient (Wildman–Crippen LogP) is 0.811. The van der Waals surface area contributed by atoms with Crippen molar-refractivity contribution in [3.8, 4) is 5.75 Å². The monoisotopic (exact) mass is 499 g/mol. The molecule has 0 fully saturated rings. The minimum atomic E-state index is -3.03. The zero-order valence-corrected chi connectivity index (χ0v) is 19.0. The molecule has 0 saturated heterocycles. The van der Waals surface area contributed by atoms with E-state index in [1.54, 1.807) is 26.0 Å². The van der Waals surface area contributed by atoms with Gasteiger partial charge in [-0.25, -0.2) is 18.4 Å². The van der Waals surface area contributed by atoms with Crippen LogP contribution in [0.5, 0.6) is 5.75 Å². The van der Waals surface area contributed by atoms with Gasteiger partial charge < -0.3 is 30.9 Å². The average molecular weight is 499 g/mol. The van der Waals surface area contributed by atoms with Gasteiger partial charge >= 0.3 is 11.9 Å². The number of carboxylic acid groups (broad SMARTS) is 2. The third kappa shape index (κ3) is 8.19. The first-order chi connectivity index (χ1) is 16.4. The third-order valence-electron chi connectivity index (χ3n) is 5.11. The Morgan fingerprint density at radius 2 is 1.77 bits per heavy atom. The summed E-state index contributed by atoms with van der Waals surface area (Å²) >= 11 is 0. The molecule has 0 aliphatic carbocycles. The molecular formula is C22H27F2N3O8. The summed E-state index contributed by atoms with van der Waals surface area (Å²) in [6, 6.07) is 0.823. The Kier molecular flexibility index (Phi) is 9.49. The van der Waals surface area contributed by atoms with Gasteiger partial charge in [-0.2, -0.15) is 0 Å². The number of carbonyl (C=O) groups excluding carboxylic acids is 3. The van der Waals surface area contributed by atoms with E-state index in [4.69, 9.17) is 14.9 Å². The van der Waals surface area contributed by atoms with Crippen LogP contribution in [0.2, 0.25) is 0 Å². The van der Waals surface area contributed by atoms with Crippen LogP contribution in [0.15, 0.2) is 18.2 Å². The van der Waals surface area contributed by atoms with Gasteiger partial charge in [-0.15, -0.1) is 0 Å². The molecule has 192 valence electrons. The quantitative estimate of drug-likeness (QED) is 0.246. The van der Waals surface area contributed by atoms with E-state index in [-0.39, 0.29) is 24.5 Å². The Hall–Kier alpha value is -3.77. The number of carboxylic acids is 2. The second-order valence-corrected chi connectivity index (χ2v) is 8.45. The normalized spacial score (nSPS) is 16.1. The molecule has 1 aliphatic rings. The highest BCUT2D eigenvalue weighted by Gasteiger charge is 2.34. The van der Waals surface area contributed by atoms with E-state index in [1.165, 1.54) is 6.07 Å². The molecule has 35 heavy (non-hydrogen) atoms. The van der Waals surface area contributed by atoms with Crippen LogP contribution in [0.1, 0.15) is 32.3 Å². The smallest absolute Gasteiger partial charge is 0.374 e. The number of alkyl halides is 2. The maximum absolute atomic E-state index is 12.9. The van der Waals surface area contributed by atoms with Crippen molar-refractivity contribution in [1.29, 1.82) is 0 Å². The first kappa shape index (κ1) is 27.5. The van der Waals surface area contributed by atoms with Crippen molar-refractivity contribution in [2.75, 3.05) is 11.9 Å². The van der Waals surface area contributed by atoms with Gasteiger partial charge in [0.15, 0.2) is 6.61 Å². The third-order valence-corrected chi connectivity index (χ3v) is 5.11. The van der Waals surface area contributed by atoms with Crippen molar-refractivity contribution < 1.29 is 47.7 Å². The number of anilines is 1. The number of amides is 2. The van der Waals surface area contributed by atoms with E-state index >= 15 is 0 Å². The SMILES string of the molecule is CC(C)C[C@H](NC(=O)C1Cc2ccc(OCC(=O)O)cc2N1)C(=O)NC(CC(F)F)C(=O)C(=O)O. The Morgan fingerprint density at radius 1 is 1.09 bits per heavy atom. The molecule has 1 aromatic carbocycles. The Balaban J connectivity index is 2.08. The van der Waals surface area contributed by atoms with Crippen molar-refractivity contribution in [3.63, 3.8) is 0 Å². The van der Waals surface area contributed by atoms with E-state index in [2.05, 4.69) is 10.6 Å². The van der Waals surface area contributed by atoms with Crippen molar-refractivity contribution in [2.45, 2.75) is 57.7 Å². The van der Waals surface area contributed by atoms with Crippen LogP contribution < -0.4 is 20.7 Å². The number of carbonyl (C=O) groups is 5. The van der Waals surface area contributed by atoms with E-state index in [9.17, 15) is 32.8 Å². The number of rotatable bonds is 13. The number of halogens is 2. The Morgan fingerprint density at radius 3 is 2.34 bits per heavy atom. The van der Waals surface area contributed by atoms with Gasteiger partial charge in [0, 0.05) is 24.6 Å². The largest absolute Gasteiger partial charge is 0.482 e. The fourth-order valence-electron chi connectivity index (χ4n) is 3.53. The van der Waals surface area contributed by atoms with Crippen LogP contribution in [0.4, 0.5) is 14.5 Å². The molecular weight excluding hydrogens is 472 g/mol. The molecule has 0 aromatic heterocycles. The van der Waals surface area contributed by atoms with Gasteiger partial charge in [-0.1, -0.05) is 19.9 Å². The van der Waals surface area contributed by atoms with Crippen LogP contribution in [0, 0.1) is 5.92 Å². The number of hydrogen-bond acceptors (Lipinski definition) is 7. The molecule has 2 amide bonds. The zero-order valence-electron chi connectivity index (χ0n) is 19.0. The molecule has 1 heterocycles. The van der Waals surface area contributed by atoms with Crippen LogP contribution in [0.3, 0.4) is 0 Å². The highest BCUT2D eigenvalue weighted by Crippen LogP contribution is 2.30. The summed E-state index contributed by atoms with van der Waals surface area (Å²) in [6.45, 7) is 2.98. The van der Waals surface area contributed by atoms with Gasteiger partial charge in [0.05, 0.1) is 0 Å². The molecule has 5 N–H and O–H groups in total. The molecule has 11 nitrogen and oxygen atoms in total. The second kappa shape index (κ2) is 12.1. The van der Waals surface area contributed by atoms with Gasteiger partial charge in [0.1, 0.15) is 23.9 Å². The molecule has 2 unspecified atom stereocenters. The number of ether oxygens (including phenoxy) is 1. The molecule has 13 heteroatoms. The summed E-state index contributed by atoms with van der Waals surface area (Å²) < 4.78 is 30.7. The Bertz CT molecular complexity index is 985. The summed E-state index contributed by atoms with van der Waals surface area (Å²) in [6.07, 6.45) is -3.85. The van der Waals surface area contributed by atoms with Crippen LogP contribution in [0.25, 0.3) is 0 Å². The maximum atomic E-state index is 12.9. The summed E-state index contributed by atoms with van der Waals surface area (Å²) in [4.78, 5) is 59.0. The molecule has 0 bridgehead atoms. The second-order valence-electron chi connectivity index (χ2n) is 8.45. The number of aliphatic carboxylic acids is 2. The number of ketones is 1. The minimum absolute atomic E-state index is 0.104. The standard InChI is InChI=1S/C22H27F2N3O8/c1-10(2)5-15(20(31)26-14(8-17(23)24)19(30)22(33)34)27-21(32)16-6-11-3-4-12(7-13(11)25-16)35-9-18(28)29/h3-4,7,10,14-17,25H,5-6,8-9H2,1-2H3,(H,26,31)(H,27,32)(H,28,29)(H,33,34)/t14?,15-,16?/m0/s1. The molecule has 2 rings (SSSR count). The van der Waals surface area contributed by atoms with Gasteiger partial charge in [-0.3, -0.25) is 14.4 Å². The number of hydrogen-bond donors (Lipinski definition) is 5. The summed E-state index contributed by atoms with van der Waals surface area (Å²) in [5.74, 6) is -6.05. The summed E-state index contributed by atoms with van der Waals surface area (Å²) in [7, 11) is 0. The number of fused-ring (bicyclic) bond motifs is 1. The summed E-state index contributed by atoms with van der Waals surface area (Å²) in [5, 5.41) is 25.1. The van der Waals surface area contributed by atoms with E-state index in [0.717, 1.165) is 5.56 Å². The van der Waals surface area contributed by atoms with Crippen LogP contribution in [-0.2, 0) is 30.4 Å². The number of Topliss-reactive ketones (excluding diaryl/α,β-unsaturated/α-hetero) is 1. The van der Waals surface area contributed by atoms with Crippen molar-refractivity contribution in [1.82, 2.24) is 10.6 Å². The fraction of sp³-hybridized carbons (Fsp3) is 0.500. The molecule has 0 spiro atoms. The van der Waals surface area contributed by atoms with Crippen molar-refractivity contribution in [2.24, 2.45) is 5.92 Å². The lowest BCUT2D eigenvalue weighted by atomic mass is 10.0. The first-order valence-electron chi connectivity index (χ1n) is 10.8. The van der Waals surface area contributed by atoms with Crippen molar-refractivity contribution in [3.05, 3.63) is 23.8 Å². The predicted molar refractivity (Wildman–Crippen MR) is 117 cm³/mol. The van der Waals surface area contributed by atoms with Gasteiger partial charge in [-0.05, 0) is 24.0 Å². The Labute approximate surface area is 199 Å². The van der Waals surface area contributed by atoms with Crippen LogP contribution >= 0.6 is 0 Å². The number of nitrogens with one attached hydrogen (secondary N) is 3. The molecule has 1 aliphatic heterocycles. The maximum Gasteiger partial charge on any atom is 0.374 e. The highest BCUT2D eigenvalue weighted by molar-refractivity contribution is 6.35. The topological polar surface area (TPSA) is 171 Å². The first-order valence-corrected chi connectivity index (χ1v) is 10.8. The van der Waals surface area contributed by atoms with E-state index < -0.39 is 67.1 Å². The van der Waals surface area contributed by atoms with E-state index in [0.29, 0.717) is 5.69 Å².